The minimum absolute atomic E-state index is 0.0790. The first-order valence-electron chi connectivity index (χ1n) is 8.19. The standard InChI is InChI=1S/C18H29FN2/c1-5-20-18(16-8-6-7-9-17(16)19)14(3)11-21(4)12-15-10-13(15)2/h6-9,13-15,18,20H,5,10-12H2,1-4H3. The van der Waals surface area contributed by atoms with E-state index < -0.39 is 0 Å². The van der Waals surface area contributed by atoms with Gasteiger partial charge in [0.25, 0.3) is 0 Å². The summed E-state index contributed by atoms with van der Waals surface area (Å²) in [6.45, 7) is 9.63. The van der Waals surface area contributed by atoms with Crippen molar-refractivity contribution in [1.29, 1.82) is 0 Å². The van der Waals surface area contributed by atoms with Crippen LogP contribution in [-0.4, -0.2) is 31.6 Å². The van der Waals surface area contributed by atoms with Crippen LogP contribution in [0.15, 0.2) is 24.3 Å². The van der Waals surface area contributed by atoms with Gasteiger partial charge in [0.1, 0.15) is 5.82 Å². The SMILES string of the molecule is CCNC(c1ccccc1F)C(C)CN(C)CC1CC1C. The molecular formula is C18H29FN2. The lowest BCUT2D eigenvalue weighted by Gasteiger charge is -2.29. The highest BCUT2D eigenvalue weighted by Crippen LogP contribution is 2.38. The zero-order valence-electron chi connectivity index (χ0n) is 13.8. The molecule has 3 heteroatoms. The molecule has 1 aliphatic carbocycles. The normalized spacial score (nSPS) is 24.1. The minimum Gasteiger partial charge on any atom is -0.310 e. The molecule has 1 N–H and O–H groups in total. The summed E-state index contributed by atoms with van der Waals surface area (Å²) in [6, 6.07) is 7.22. The van der Waals surface area contributed by atoms with Crippen molar-refractivity contribution in [3.8, 4) is 0 Å². The van der Waals surface area contributed by atoms with E-state index in [1.807, 2.05) is 12.1 Å². The van der Waals surface area contributed by atoms with Crippen LogP contribution >= 0.6 is 0 Å². The van der Waals surface area contributed by atoms with Crippen LogP contribution in [0, 0.1) is 23.6 Å². The maximum atomic E-state index is 14.1. The van der Waals surface area contributed by atoms with Crippen molar-refractivity contribution in [3.63, 3.8) is 0 Å². The largest absolute Gasteiger partial charge is 0.310 e. The fourth-order valence-corrected chi connectivity index (χ4v) is 3.29. The molecule has 1 saturated carbocycles. The Morgan fingerprint density at radius 1 is 1.38 bits per heavy atom. The fourth-order valence-electron chi connectivity index (χ4n) is 3.29. The third kappa shape index (κ3) is 4.52. The van der Waals surface area contributed by atoms with E-state index in [1.165, 1.54) is 13.0 Å². The Hall–Kier alpha value is -0.930. The molecule has 21 heavy (non-hydrogen) atoms. The Kier molecular flexibility index (Phi) is 5.77. The Morgan fingerprint density at radius 3 is 2.62 bits per heavy atom. The highest BCUT2D eigenvalue weighted by molar-refractivity contribution is 5.22. The molecular weight excluding hydrogens is 263 g/mol. The van der Waals surface area contributed by atoms with Gasteiger partial charge < -0.3 is 10.2 Å². The molecule has 0 bridgehead atoms. The van der Waals surface area contributed by atoms with Gasteiger partial charge in [0.05, 0.1) is 0 Å². The first kappa shape index (κ1) is 16.4. The van der Waals surface area contributed by atoms with Crippen LogP contribution in [0.4, 0.5) is 4.39 Å². The number of benzene rings is 1. The molecule has 0 radical (unpaired) electrons. The van der Waals surface area contributed by atoms with E-state index >= 15 is 0 Å². The highest BCUT2D eigenvalue weighted by Gasteiger charge is 2.33. The van der Waals surface area contributed by atoms with Gasteiger partial charge in [-0.2, -0.15) is 0 Å². The number of halogens is 1. The zero-order valence-corrected chi connectivity index (χ0v) is 13.8. The summed E-state index contributed by atoms with van der Waals surface area (Å²) in [6.07, 6.45) is 1.36. The Balaban J connectivity index is 1.98. The molecule has 2 rings (SSSR count). The number of nitrogens with zero attached hydrogens (tertiary/aromatic N) is 1. The summed E-state index contributed by atoms with van der Waals surface area (Å²) in [4.78, 5) is 2.41. The topological polar surface area (TPSA) is 15.3 Å². The van der Waals surface area contributed by atoms with Gasteiger partial charge >= 0.3 is 0 Å². The van der Waals surface area contributed by atoms with E-state index in [2.05, 4.69) is 38.0 Å². The minimum atomic E-state index is -0.103. The Morgan fingerprint density at radius 2 is 2.05 bits per heavy atom. The van der Waals surface area contributed by atoms with Crippen LogP contribution in [0.3, 0.4) is 0 Å². The molecule has 0 aliphatic heterocycles. The molecule has 0 spiro atoms. The van der Waals surface area contributed by atoms with E-state index in [-0.39, 0.29) is 11.9 Å². The molecule has 118 valence electrons. The molecule has 4 unspecified atom stereocenters. The third-order valence-corrected chi connectivity index (χ3v) is 4.66. The second kappa shape index (κ2) is 7.37. The lowest BCUT2D eigenvalue weighted by atomic mass is 9.93. The van der Waals surface area contributed by atoms with Crippen LogP contribution < -0.4 is 5.32 Å². The van der Waals surface area contributed by atoms with Gasteiger partial charge in [-0.15, -0.1) is 0 Å². The Labute approximate surface area is 128 Å². The molecule has 1 aromatic rings. The molecule has 4 atom stereocenters. The van der Waals surface area contributed by atoms with Crippen molar-refractivity contribution in [2.75, 3.05) is 26.7 Å². The highest BCUT2D eigenvalue weighted by atomic mass is 19.1. The summed E-state index contributed by atoms with van der Waals surface area (Å²) in [5.74, 6) is 2.03. The number of rotatable bonds is 8. The second-order valence-corrected chi connectivity index (χ2v) is 6.73. The summed E-state index contributed by atoms with van der Waals surface area (Å²) < 4.78 is 14.1. The summed E-state index contributed by atoms with van der Waals surface area (Å²) in [5.41, 5.74) is 0.792. The van der Waals surface area contributed by atoms with Gasteiger partial charge in [0, 0.05) is 24.7 Å². The molecule has 0 aromatic heterocycles. The monoisotopic (exact) mass is 292 g/mol. The molecule has 0 saturated heterocycles. The number of hydrogen-bond acceptors (Lipinski definition) is 2. The first-order valence-corrected chi connectivity index (χ1v) is 8.19. The molecule has 2 nitrogen and oxygen atoms in total. The van der Waals surface area contributed by atoms with Gasteiger partial charge in [0.15, 0.2) is 0 Å². The van der Waals surface area contributed by atoms with Crippen LogP contribution in [0.2, 0.25) is 0 Å². The predicted octanol–water partition coefficient (Wildman–Crippen LogP) is 3.70. The maximum absolute atomic E-state index is 14.1. The van der Waals surface area contributed by atoms with E-state index in [0.29, 0.717) is 5.92 Å². The predicted molar refractivity (Wildman–Crippen MR) is 86.7 cm³/mol. The van der Waals surface area contributed by atoms with Gasteiger partial charge in [-0.1, -0.05) is 39.0 Å². The van der Waals surface area contributed by atoms with Crippen LogP contribution in [0.1, 0.15) is 38.8 Å². The van der Waals surface area contributed by atoms with Crippen molar-refractivity contribution in [1.82, 2.24) is 10.2 Å². The van der Waals surface area contributed by atoms with Crippen LogP contribution in [0.25, 0.3) is 0 Å². The van der Waals surface area contributed by atoms with Crippen molar-refractivity contribution in [3.05, 3.63) is 35.6 Å². The first-order chi connectivity index (χ1) is 10.0. The van der Waals surface area contributed by atoms with Gasteiger partial charge in [-0.05, 0) is 43.8 Å². The Bertz CT molecular complexity index is 449. The maximum Gasteiger partial charge on any atom is 0.127 e. The van der Waals surface area contributed by atoms with Gasteiger partial charge in [-0.3, -0.25) is 0 Å². The van der Waals surface area contributed by atoms with Crippen molar-refractivity contribution < 1.29 is 4.39 Å². The summed E-state index contributed by atoms with van der Waals surface area (Å²) in [7, 11) is 2.19. The molecule has 0 heterocycles. The lowest BCUT2D eigenvalue weighted by Crippen LogP contribution is -2.35. The van der Waals surface area contributed by atoms with Crippen LogP contribution in [0.5, 0.6) is 0 Å². The summed E-state index contributed by atoms with van der Waals surface area (Å²) >= 11 is 0. The second-order valence-electron chi connectivity index (χ2n) is 6.73. The quantitative estimate of drug-likeness (QED) is 0.786. The third-order valence-electron chi connectivity index (χ3n) is 4.66. The van der Waals surface area contributed by atoms with E-state index in [1.54, 1.807) is 12.1 Å². The molecule has 1 fully saturated rings. The van der Waals surface area contributed by atoms with Crippen molar-refractivity contribution in [2.45, 2.75) is 33.2 Å². The number of nitrogens with one attached hydrogen (secondary N) is 1. The lowest BCUT2D eigenvalue weighted by molar-refractivity contribution is 0.236. The van der Waals surface area contributed by atoms with E-state index in [4.69, 9.17) is 0 Å². The van der Waals surface area contributed by atoms with E-state index in [0.717, 1.165) is 30.5 Å². The molecule has 0 amide bonds. The average Bonchev–Trinajstić information content (AvgIpc) is 3.12. The average molecular weight is 292 g/mol. The van der Waals surface area contributed by atoms with Gasteiger partial charge in [0.2, 0.25) is 0 Å². The van der Waals surface area contributed by atoms with Crippen molar-refractivity contribution in [2.24, 2.45) is 17.8 Å². The number of hydrogen-bond donors (Lipinski definition) is 1. The zero-order chi connectivity index (χ0) is 15.4. The van der Waals surface area contributed by atoms with E-state index in [9.17, 15) is 4.39 Å². The summed E-state index contributed by atoms with van der Waals surface area (Å²) in [5, 5.41) is 3.46. The smallest absolute Gasteiger partial charge is 0.127 e. The van der Waals surface area contributed by atoms with Crippen molar-refractivity contribution >= 4 is 0 Å². The molecule has 1 aliphatic rings. The molecule has 1 aromatic carbocycles. The fraction of sp³-hybridized carbons (Fsp3) is 0.667. The van der Waals surface area contributed by atoms with Gasteiger partial charge in [-0.25, -0.2) is 4.39 Å². The van der Waals surface area contributed by atoms with Crippen LogP contribution in [-0.2, 0) is 0 Å².